The Bertz CT molecular complexity index is 198. The maximum Gasteiger partial charge on any atom is 0.220 e. The first kappa shape index (κ1) is 14.4. The Labute approximate surface area is 111 Å². The van der Waals surface area contributed by atoms with Crippen LogP contribution in [0.5, 0.6) is 0 Å². The van der Waals surface area contributed by atoms with Crippen molar-refractivity contribution in [3.8, 4) is 0 Å². The standard InChI is InChI=1S/C12H22BrNOS/c1-2-11(3-6-13)14-12(15)9-10-4-7-16-8-5-10/h10-11H,2-9H2,1H3,(H,14,15). The summed E-state index contributed by atoms with van der Waals surface area (Å²) < 4.78 is 0. The van der Waals surface area contributed by atoms with Gasteiger partial charge in [-0.15, -0.1) is 0 Å². The van der Waals surface area contributed by atoms with E-state index in [-0.39, 0.29) is 5.91 Å². The lowest BCUT2D eigenvalue weighted by Crippen LogP contribution is -2.36. The average molecular weight is 308 g/mol. The van der Waals surface area contributed by atoms with Gasteiger partial charge in [0.1, 0.15) is 0 Å². The molecule has 1 N–H and O–H groups in total. The van der Waals surface area contributed by atoms with Crippen molar-refractivity contribution < 1.29 is 4.79 Å². The van der Waals surface area contributed by atoms with Crippen molar-refractivity contribution in [3.63, 3.8) is 0 Å². The van der Waals surface area contributed by atoms with Gasteiger partial charge in [0, 0.05) is 17.8 Å². The molecule has 0 aromatic rings. The maximum atomic E-state index is 11.8. The van der Waals surface area contributed by atoms with Crippen molar-refractivity contribution >= 4 is 33.6 Å². The Morgan fingerprint density at radius 2 is 2.19 bits per heavy atom. The van der Waals surface area contributed by atoms with Crippen LogP contribution in [0, 0.1) is 5.92 Å². The van der Waals surface area contributed by atoms with E-state index in [2.05, 4.69) is 28.2 Å². The number of halogens is 1. The first-order valence-electron chi connectivity index (χ1n) is 6.19. The van der Waals surface area contributed by atoms with Crippen molar-refractivity contribution in [2.75, 3.05) is 16.8 Å². The fourth-order valence-electron chi connectivity index (χ4n) is 2.01. The normalized spacial score (nSPS) is 19.4. The Morgan fingerprint density at radius 3 is 2.75 bits per heavy atom. The van der Waals surface area contributed by atoms with Crippen molar-refractivity contribution in [2.45, 2.75) is 45.1 Å². The smallest absolute Gasteiger partial charge is 0.220 e. The van der Waals surface area contributed by atoms with Crippen molar-refractivity contribution in [1.82, 2.24) is 5.32 Å². The van der Waals surface area contributed by atoms with Crippen LogP contribution >= 0.6 is 27.7 Å². The largest absolute Gasteiger partial charge is 0.353 e. The van der Waals surface area contributed by atoms with Crippen LogP contribution in [0.25, 0.3) is 0 Å². The topological polar surface area (TPSA) is 29.1 Å². The van der Waals surface area contributed by atoms with E-state index in [9.17, 15) is 4.79 Å². The second-order valence-electron chi connectivity index (χ2n) is 4.41. The van der Waals surface area contributed by atoms with Gasteiger partial charge in [-0.2, -0.15) is 11.8 Å². The van der Waals surface area contributed by atoms with Gasteiger partial charge in [-0.25, -0.2) is 0 Å². The van der Waals surface area contributed by atoms with Crippen molar-refractivity contribution in [1.29, 1.82) is 0 Å². The highest BCUT2D eigenvalue weighted by Crippen LogP contribution is 2.25. The molecular formula is C12H22BrNOS. The number of hydrogen-bond acceptors (Lipinski definition) is 2. The summed E-state index contributed by atoms with van der Waals surface area (Å²) in [4.78, 5) is 11.8. The molecule has 1 fully saturated rings. The highest BCUT2D eigenvalue weighted by Gasteiger charge is 2.18. The lowest BCUT2D eigenvalue weighted by molar-refractivity contribution is -0.122. The van der Waals surface area contributed by atoms with Gasteiger partial charge in [0.25, 0.3) is 0 Å². The minimum absolute atomic E-state index is 0.254. The van der Waals surface area contributed by atoms with E-state index < -0.39 is 0 Å². The number of carbonyl (C=O) groups is 1. The zero-order chi connectivity index (χ0) is 11.8. The summed E-state index contributed by atoms with van der Waals surface area (Å²) in [7, 11) is 0. The third-order valence-electron chi connectivity index (χ3n) is 3.13. The number of hydrogen-bond donors (Lipinski definition) is 1. The molecule has 1 aliphatic rings. The van der Waals surface area contributed by atoms with Gasteiger partial charge >= 0.3 is 0 Å². The van der Waals surface area contributed by atoms with E-state index >= 15 is 0 Å². The number of alkyl halides is 1. The van der Waals surface area contributed by atoms with Gasteiger partial charge in [-0.3, -0.25) is 4.79 Å². The first-order valence-corrected chi connectivity index (χ1v) is 8.47. The van der Waals surface area contributed by atoms with Gasteiger partial charge in [0.2, 0.25) is 5.91 Å². The van der Waals surface area contributed by atoms with Crippen LogP contribution in [0.3, 0.4) is 0 Å². The zero-order valence-corrected chi connectivity index (χ0v) is 12.4. The minimum atomic E-state index is 0.254. The predicted octanol–water partition coefficient (Wildman–Crippen LogP) is 3.20. The molecule has 0 aromatic carbocycles. The van der Waals surface area contributed by atoms with E-state index in [1.165, 1.54) is 24.3 Å². The SMILES string of the molecule is CCC(CCBr)NC(=O)CC1CCSCC1. The van der Waals surface area contributed by atoms with Gasteiger partial charge in [-0.05, 0) is 43.1 Å². The molecule has 16 heavy (non-hydrogen) atoms. The summed E-state index contributed by atoms with van der Waals surface area (Å²) in [6, 6.07) is 0.352. The summed E-state index contributed by atoms with van der Waals surface area (Å²) >= 11 is 5.44. The lowest BCUT2D eigenvalue weighted by Gasteiger charge is -2.22. The Kier molecular flexibility index (Phi) is 7.54. The molecule has 2 nitrogen and oxygen atoms in total. The van der Waals surface area contributed by atoms with E-state index in [0.717, 1.165) is 24.6 Å². The molecule has 0 spiro atoms. The molecule has 1 saturated heterocycles. The monoisotopic (exact) mass is 307 g/mol. The maximum absolute atomic E-state index is 11.8. The molecule has 1 atom stereocenters. The molecule has 0 bridgehead atoms. The molecule has 0 radical (unpaired) electrons. The molecule has 0 saturated carbocycles. The van der Waals surface area contributed by atoms with Crippen molar-refractivity contribution in [2.24, 2.45) is 5.92 Å². The van der Waals surface area contributed by atoms with E-state index in [1.54, 1.807) is 0 Å². The van der Waals surface area contributed by atoms with Crippen molar-refractivity contribution in [3.05, 3.63) is 0 Å². The lowest BCUT2D eigenvalue weighted by atomic mass is 9.98. The molecule has 4 heteroatoms. The molecule has 1 unspecified atom stereocenters. The molecule has 1 amide bonds. The van der Waals surface area contributed by atoms with E-state index in [4.69, 9.17) is 0 Å². The molecular weight excluding hydrogens is 286 g/mol. The summed E-state index contributed by atoms with van der Waals surface area (Å²) in [5.74, 6) is 3.35. The number of amides is 1. The third kappa shape index (κ3) is 5.58. The molecule has 1 heterocycles. The average Bonchev–Trinajstić information content (AvgIpc) is 2.29. The fraction of sp³-hybridized carbons (Fsp3) is 0.917. The van der Waals surface area contributed by atoms with Crippen LogP contribution in [0.2, 0.25) is 0 Å². The molecule has 0 aliphatic carbocycles. The van der Waals surface area contributed by atoms with Gasteiger partial charge in [-0.1, -0.05) is 22.9 Å². The van der Waals surface area contributed by atoms with Crippen LogP contribution in [0.4, 0.5) is 0 Å². The van der Waals surface area contributed by atoms with Crippen LogP contribution < -0.4 is 5.32 Å². The van der Waals surface area contributed by atoms with Gasteiger partial charge in [0.05, 0.1) is 0 Å². The Balaban J connectivity index is 2.22. The predicted molar refractivity (Wildman–Crippen MR) is 75.3 cm³/mol. The van der Waals surface area contributed by atoms with E-state index in [1.807, 2.05) is 11.8 Å². The summed E-state index contributed by atoms with van der Waals surface area (Å²) in [5.41, 5.74) is 0. The quantitative estimate of drug-likeness (QED) is 0.764. The van der Waals surface area contributed by atoms with Crippen LogP contribution in [-0.2, 0) is 4.79 Å². The van der Waals surface area contributed by atoms with Crippen LogP contribution in [-0.4, -0.2) is 28.8 Å². The minimum Gasteiger partial charge on any atom is -0.353 e. The Hall–Kier alpha value is 0.300. The summed E-state index contributed by atoms with van der Waals surface area (Å²) in [6.45, 7) is 2.13. The molecule has 1 rings (SSSR count). The number of thioether (sulfide) groups is 1. The zero-order valence-electron chi connectivity index (χ0n) is 10.0. The first-order chi connectivity index (χ1) is 7.76. The van der Waals surface area contributed by atoms with Crippen LogP contribution in [0.1, 0.15) is 39.0 Å². The molecule has 1 aliphatic heterocycles. The van der Waals surface area contributed by atoms with Crippen LogP contribution in [0.15, 0.2) is 0 Å². The fourth-order valence-corrected chi connectivity index (χ4v) is 3.77. The highest BCUT2D eigenvalue weighted by molar-refractivity contribution is 9.09. The third-order valence-corrected chi connectivity index (χ3v) is 4.64. The number of carbonyl (C=O) groups excluding carboxylic acids is 1. The second-order valence-corrected chi connectivity index (χ2v) is 6.43. The summed E-state index contributed by atoms with van der Waals surface area (Å²) in [5, 5.41) is 4.10. The Morgan fingerprint density at radius 1 is 1.50 bits per heavy atom. The second kappa shape index (κ2) is 8.40. The number of nitrogens with one attached hydrogen (secondary N) is 1. The van der Waals surface area contributed by atoms with Gasteiger partial charge in [0.15, 0.2) is 0 Å². The molecule has 0 aromatic heterocycles. The highest BCUT2D eigenvalue weighted by atomic mass is 79.9. The van der Waals surface area contributed by atoms with Gasteiger partial charge < -0.3 is 5.32 Å². The summed E-state index contributed by atoms with van der Waals surface area (Å²) in [6.07, 6.45) is 5.22. The van der Waals surface area contributed by atoms with E-state index in [0.29, 0.717) is 12.0 Å². The number of rotatable bonds is 6. The molecule has 94 valence electrons.